The Morgan fingerprint density at radius 2 is 1.74 bits per heavy atom. The molecule has 0 unspecified atom stereocenters. The summed E-state index contributed by atoms with van der Waals surface area (Å²) in [5, 5.41) is 9.35. The average Bonchev–Trinajstić information content (AvgIpc) is 3.09. The highest BCUT2D eigenvalue weighted by atomic mass is 16.5. The van der Waals surface area contributed by atoms with Crippen molar-refractivity contribution >= 4 is 11.6 Å². The quantitative estimate of drug-likeness (QED) is 0.636. The molecule has 0 bridgehead atoms. The Morgan fingerprint density at radius 3 is 2.39 bits per heavy atom. The van der Waals surface area contributed by atoms with Gasteiger partial charge >= 0.3 is 0 Å². The van der Waals surface area contributed by atoms with Gasteiger partial charge in [-0.15, -0.1) is 0 Å². The summed E-state index contributed by atoms with van der Waals surface area (Å²) < 4.78 is 11.0. The van der Waals surface area contributed by atoms with Crippen LogP contribution < -0.4 is 4.74 Å². The molecule has 0 atom stereocenters. The van der Waals surface area contributed by atoms with E-state index >= 15 is 0 Å². The lowest BCUT2D eigenvalue weighted by atomic mass is 10.1. The van der Waals surface area contributed by atoms with Gasteiger partial charge in [-0.2, -0.15) is 5.26 Å². The molecule has 0 aliphatic heterocycles. The normalized spacial score (nSPS) is 11.0. The molecule has 2 aromatic carbocycles. The van der Waals surface area contributed by atoms with Crippen molar-refractivity contribution in [2.24, 2.45) is 0 Å². The maximum absolute atomic E-state index is 9.35. The summed E-state index contributed by atoms with van der Waals surface area (Å²) in [6.45, 7) is 0. The highest BCUT2D eigenvalue weighted by molar-refractivity contribution is 5.88. The fourth-order valence-corrected chi connectivity index (χ4v) is 2.28. The van der Waals surface area contributed by atoms with Crippen LogP contribution in [0.5, 0.6) is 5.75 Å². The first-order valence-corrected chi connectivity index (χ1v) is 7.21. The minimum Gasteiger partial charge on any atom is -0.497 e. The van der Waals surface area contributed by atoms with Crippen molar-refractivity contribution in [3.05, 3.63) is 78.1 Å². The summed E-state index contributed by atoms with van der Waals surface area (Å²) in [7, 11) is 1.64. The van der Waals surface area contributed by atoms with Crippen molar-refractivity contribution < 1.29 is 9.15 Å². The average molecular weight is 301 g/mol. The predicted octanol–water partition coefficient (Wildman–Crippen LogP) is 5.02. The lowest BCUT2D eigenvalue weighted by Crippen LogP contribution is -1.81. The molecule has 112 valence electrons. The maximum Gasteiger partial charge on any atom is 0.134 e. The smallest absolute Gasteiger partial charge is 0.134 e. The van der Waals surface area contributed by atoms with E-state index in [1.54, 1.807) is 13.2 Å². The van der Waals surface area contributed by atoms with Gasteiger partial charge in [0.15, 0.2) is 0 Å². The molecule has 0 radical (unpaired) electrons. The molecular weight excluding hydrogens is 286 g/mol. The molecule has 0 aliphatic rings. The molecule has 3 nitrogen and oxygen atoms in total. The number of methoxy groups -OCH3 is 1. The lowest BCUT2D eigenvalue weighted by molar-refractivity contribution is 0.415. The molecule has 3 rings (SSSR count). The number of hydrogen-bond acceptors (Lipinski definition) is 3. The number of nitriles is 1. The number of benzene rings is 2. The van der Waals surface area contributed by atoms with Crippen molar-refractivity contribution in [3.63, 3.8) is 0 Å². The van der Waals surface area contributed by atoms with Crippen molar-refractivity contribution in [1.82, 2.24) is 0 Å². The van der Waals surface area contributed by atoms with Crippen molar-refractivity contribution in [2.75, 3.05) is 7.11 Å². The zero-order chi connectivity index (χ0) is 16.1. The monoisotopic (exact) mass is 301 g/mol. The highest BCUT2D eigenvalue weighted by Crippen LogP contribution is 2.26. The van der Waals surface area contributed by atoms with E-state index in [1.165, 1.54) is 0 Å². The van der Waals surface area contributed by atoms with Gasteiger partial charge in [0, 0.05) is 5.56 Å². The molecule has 0 N–H and O–H groups in total. The standard InChI is InChI=1S/C20H15NO2/c1-22-18-9-7-16(8-10-18)20-12-11-19(23-20)13-17(14-21)15-5-3-2-4-6-15/h2-13H,1H3. The minimum atomic E-state index is 0.571. The Bertz CT molecular complexity index is 853. The first-order chi connectivity index (χ1) is 11.3. The Morgan fingerprint density at radius 1 is 1.00 bits per heavy atom. The summed E-state index contributed by atoms with van der Waals surface area (Å²) in [5.41, 5.74) is 2.40. The van der Waals surface area contributed by atoms with Crippen LogP contribution >= 0.6 is 0 Å². The van der Waals surface area contributed by atoms with E-state index in [-0.39, 0.29) is 0 Å². The molecule has 0 fully saturated rings. The predicted molar refractivity (Wildman–Crippen MR) is 90.6 cm³/mol. The first-order valence-electron chi connectivity index (χ1n) is 7.21. The van der Waals surface area contributed by atoms with Crippen LogP contribution in [0, 0.1) is 11.3 Å². The SMILES string of the molecule is COc1ccc(-c2ccc(C=C(C#N)c3ccccc3)o2)cc1. The summed E-state index contributed by atoms with van der Waals surface area (Å²) in [6, 6.07) is 23.2. The largest absolute Gasteiger partial charge is 0.497 e. The van der Waals surface area contributed by atoms with Crippen molar-refractivity contribution in [2.45, 2.75) is 0 Å². The third-order valence-electron chi connectivity index (χ3n) is 3.49. The summed E-state index contributed by atoms with van der Waals surface area (Å²) >= 11 is 0. The molecule has 0 saturated carbocycles. The second kappa shape index (κ2) is 6.67. The third kappa shape index (κ3) is 3.33. The van der Waals surface area contributed by atoms with Crippen LogP contribution in [0.15, 0.2) is 71.1 Å². The third-order valence-corrected chi connectivity index (χ3v) is 3.49. The maximum atomic E-state index is 9.35. The number of ether oxygens (including phenoxy) is 1. The van der Waals surface area contributed by atoms with Crippen LogP contribution in [0.2, 0.25) is 0 Å². The molecule has 3 aromatic rings. The number of nitrogens with zero attached hydrogens (tertiary/aromatic N) is 1. The van der Waals surface area contributed by atoms with Crippen LogP contribution in [0.1, 0.15) is 11.3 Å². The van der Waals surface area contributed by atoms with Crippen LogP contribution in [-0.4, -0.2) is 7.11 Å². The van der Waals surface area contributed by atoms with E-state index in [0.29, 0.717) is 11.3 Å². The van der Waals surface area contributed by atoms with Gasteiger partial charge in [-0.3, -0.25) is 0 Å². The molecule has 0 aliphatic carbocycles. The Hall–Kier alpha value is -3.25. The van der Waals surface area contributed by atoms with Gasteiger partial charge in [0.2, 0.25) is 0 Å². The Balaban J connectivity index is 1.89. The van der Waals surface area contributed by atoms with Crippen LogP contribution in [-0.2, 0) is 0 Å². The van der Waals surface area contributed by atoms with E-state index in [0.717, 1.165) is 22.6 Å². The van der Waals surface area contributed by atoms with Crippen LogP contribution in [0.25, 0.3) is 23.0 Å². The van der Waals surface area contributed by atoms with Gasteiger partial charge in [0.05, 0.1) is 18.8 Å². The van der Waals surface area contributed by atoms with Gasteiger partial charge in [-0.05, 0) is 48.0 Å². The zero-order valence-electron chi connectivity index (χ0n) is 12.7. The van der Waals surface area contributed by atoms with Crippen LogP contribution in [0.4, 0.5) is 0 Å². The van der Waals surface area contributed by atoms with Gasteiger partial charge in [0.25, 0.3) is 0 Å². The van der Waals surface area contributed by atoms with E-state index in [1.807, 2.05) is 66.7 Å². The molecule has 0 amide bonds. The lowest BCUT2D eigenvalue weighted by Gasteiger charge is -2.00. The Kier molecular flexibility index (Phi) is 4.26. The van der Waals surface area contributed by atoms with E-state index in [4.69, 9.17) is 9.15 Å². The topological polar surface area (TPSA) is 46.2 Å². The summed E-state index contributed by atoms with van der Waals surface area (Å²) in [4.78, 5) is 0. The van der Waals surface area contributed by atoms with E-state index in [9.17, 15) is 5.26 Å². The summed E-state index contributed by atoms with van der Waals surface area (Å²) in [6.07, 6.45) is 1.75. The summed E-state index contributed by atoms with van der Waals surface area (Å²) in [5.74, 6) is 2.21. The number of furan rings is 1. The fourth-order valence-electron chi connectivity index (χ4n) is 2.28. The molecule has 23 heavy (non-hydrogen) atoms. The number of allylic oxidation sites excluding steroid dienone is 1. The van der Waals surface area contributed by atoms with E-state index in [2.05, 4.69) is 6.07 Å². The molecule has 1 aromatic heterocycles. The van der Waals surface area contributed by atoms with Crippen LogP contribution in [0.3, 0.4) is 0 Å². The minimum absolute atomic E-state index is 0.571. The second-order valence-electron chi connectivity index (χ2n) is 4.97. The molecular formula is C20H15NO2. The zero-order valence-corrected chi connectivity index (χ0v) is 12.7. The van der Waals surface area contributed by atoms with Gasteiger partial charge in [-0.1, -0.05) is 30.3 Å². The van der Waals surface area contributed by atoms with Crippen molar-refractivity contribution in [3.8, 4) is 23.1 Å². The molecule has 3 heteroatoms. The number of hydrogen-bond donors (Lipinski definition) is 0. The fraction of sp³-hybridized carbons (Fsp3) is 0.0500. The first kappa shape index (κ1) is 14.7. The highest BCUT2D eigenvalue weighted by Gasteiger charge is 2.06. The molecule has 0 saturated heterocycles. The molecule has 0 spiro atoms. The van der Waals surface area contributed by atoms with Crippen molar-refractivity contribution in [1.29, 1.82) is 5.26 Å². The number of rotatable bonds is 4. The van der Waals surface area contributed by atoms with Gasteiger partial charge in [-0.25, -0.2) is 0 Å². The van der Waals surface area contributed by atoms with E-state index < -0.39 is 0 Å². The second-order valence-corrected chi connectivity index (χ2v) is 4.97. The van der Waals surface area contributed by atoms with Gasteiger partial charge in [0.1, 0.15) is 17.3 Å². The van der Waals surface area contributed by atoms with Gasteiger partial charge < -0.3 is 9.15 Å². The Labute approximate surface area is 135 Å². The molecule has 1 heterocycles.